The van der Waals surface area contributed by atoms with Crippen LogP contribution in [0.1, 0.15) is 42.6 Å². The lowest BCUT2D eigenvalue weighted by atomic mass is 9.94. The van der Waals surface area contributed by atoms with Crippen LogP contribution in [0.5, 0.6) is 0 Å². The molecule has 19 heavy (non-hydrogen) atoms. The Labute approximate surface area is 114 Å². The quantitative estimate of drug-likeness (QED) is 0.870. The number of carbonyl (C=O) groups is 1. The summed E-state index contributed by atoms with van der Waals surface area (Å²) in [6, 6.07) is 0.832. The van der Waals surface area contributed by atoms with Gasteiger partial charge in [0.15, 0.2) is 0 Å². The molecule has 2 fully saturated rings. The fraction of sp³-hybridized carbons (Fsp3) is 0.714. The van der Waals surface area contributed by atoms with Crippen molar-refractivity contribution in [3.8, 4) is 0 Å². The molecule has 1 aromatic heterocycles. The predicted molar refractivity (Wildman–Crippen MR) is 72.9 cm³/mol. The number of nitrogens with one attached hydrogen (secondary N) is 1. The van der Waals surface area contributed by atoms with Crippen LogP contribution in [0.15, 0.2) is 12.5 Å². The Balaban J connectivity index is 1.77. The summed E-state index contributed by atoms with van der Waals surface area (Å²) in [7, 11) is 1.90. The number of imidazole rings is 1. The summed E-state index contributed by atoms with van der Waals surface area (Å²) in [6.45, 7) is 1.96. The Hall–Kier alpha value is -1.36. The number of amides is 1. The van der Waals surface area contributed by atoms with E-state index >= 15 is 0 Å². The summed E-state index contributed by atoms with van der Waals surface area (Å²) in [5.74, 6) is 0.0963. The van der Waals surface area contributed by atoms with E-state index in [-0.39, 0.29) is 5.91 Å². The van der Waals surface area contributed by atoms with E-state index in [1.165, 1.54) is 19.3 Å². The highest BCUT2D eigenvalue weighted by molar-refractivity contribution is 5.92. The number of aryl methyl sites for hydroxylation is 1. The van der Waals surface area contributed by atoms with Gasteiger partial charge in [0, 0.05) is 31.9 Å². The molecule has 0 radical (unpaired) electrons. The Morgan fingerprint density at radius 3 is 2.95 bits per heavy atom. The second-order valence-corrected chi connectivity index (χ2v) is 5.69. The zero-order valence-corrected chi connectivity index (χ0v) is 11.5. The lowest BCUT2D eigenvalue weighted by Gasteiger charge is -2.39. The first-order valence-corrected chi connectivity index (χ1v) is 7.28. The van der Waals surface area contributed by atoms with Crippen molar-refractivity contribution in [3.05, 3.63) is 18.2 Å². The molecule has 0 spiro atoms. The molecule has 1 amide bonds. The number of hydrogen-bond acceptors (Lipinski definition) is 3. The van der Waals surface area contributed by atoms with Crippen LogP contribution in [-0.4, -0.2) is 45.5 Å². The van der Waals surface area contributed by atoms with Crippen molar-refractivity contribution < 1.29 is 4.79 Å². The van der Waals surface area contributed by atoms with E-state index < -0.39 is 0 Å². The van der Waals surface area contributed by atoms with Gasteiger partial charge in [0.05, 0.1) is 6.33 Å². The van der Waals surface area contributed by atoms with Crippen molar-refractivity contribution in [2.24, 2.45) is 7.05 Å². The molecule has 0 bridgehead atoms. The second-order valence-electron chi connectivity index (χ2n) is 5.69. The average molecular weight is 262 g/mol. The number of likely N-dealkylation sites (tertiary alicyclic amines) is 1. The van der Waals surface area contributed by atoms with Gasteiger partial charge in [-0.3, -0.25) is 4.79 Å². The normalized spacial score (nSPS) is 27.7. The molecule has 104 valence electrons. The highest BCUT2D eigenvalue weighted by Gasteiger charge is 2.35. The van der Waals surface area contributed by atoms with Crippen LogP contribution in [0, 0.1) is 0 Å². The summed E-state index contributed by atoms with van der Waals surface area (Å²) in [4.78, 5) is 18.9. The van der Waals surface area contributed by atoms with E-state index in [9.17, 15) is 4.79 Å². The lowest BCUT2D eigenvalue weighted by Crippen LogP contribution is -2.52. The molecular formula is C14H22N4O. The van der Waals surface area contributed by atoms with Crippen LogP contribution in [0.3, 0.4) is 0 Å². The maximum absolute atomic E-state index is 12.6. The number of carbonyl (C=O) groups excluding carboxylic acids is 1. The first-order valence-electron chi connectivity index (χ1n) is 7.28. The molecule has 2 unspecified atom stereocenters. The highest BCUT2D eigenvalue weighted by Crippen LogP contribution is 2.25. The van der Waals surface area contributed by atoms with Crippen molar-refractivity contribution in [1.29, 1.82) is 0 Å². The molecule has 0 aromatic carbocycles. The molecule has 1 N–H and O–H groups in total. The van der Waals surface area contributed by atoms with Gasteiger partial charge in [0.25, 0.3) is 5.91 Å². The minimum atomic E-state index is 0.0963. The van der Waals surface area contributed by atoms with Crippen molar-refractivity contribution in [1.82, 2.24) is 19.8 Å². The van der Waals surface area contributed by atoms with Crippen molar-refractivity contribution >= 4 is 5.91 Å². The van der Waals surface area contributed by atoms with E-state index in [1.807, 2.05) is 17.8 Å². The van der Waals surface area contributed by atoms with Gasteiger partial charge in [0.2, 0.25) is 0 Å². The van der Waals surface area contributed by atoms with E-state index in [0.717, 1.165) is 25.9 Å². The zero-order valence-electron chi connectivity index (χ0n) is 11.5. The van der Waals surface area contributed by atoms with Gasteiger partial charge >= 0.3 is 0 Å². The van der Waals surface area contributed by atoms with Gasteiger partial charge in [-0.05, 0) is 38.6 Å². The van der Waals surface area contributed by atoms with Gasteiger partial charge in [-0.2, -0.15) is 0 Å². The molecule has 5 nitrogen and oxygen atoms in total. The van der Waals surface area contributed by atoms with Crippen LogP contribution in [0.25, 0.3) is 0 Å². The van der Waals surface area contributed by atoms with Crippen molar-refractivity contribution in [3.63, 3.8) is 0 Å². The fourth-order valence-corrected chi connectivity index (χ4v) is 3.34. The Bertz CT molecular complexity index is 450. The Morgan fingerprint density at radius 2 is 2.26 bits per heavy atom. The van der Waals surface area contributed by atoms with Gasteiger partial charge in [-0.1, -0.05) is 0 Å². The van der Waals surface area contributed by atoms with E-state index in [1.54, 1.807) is 6.33 Å². The summed E-state index contributed by atoms with van der Waals surface area (Å²) < 4.78 is 1.83. The van der Waals surface area contributed by atoms with Crippen LogP contribution >= 0.6 is 0 Å². The standard InChI is InChI=1S/C14H22N4O/c1-17-9-12(16-10-17)14(19)18-8-3-2-6-13(18)11-5-4-7-15-11/h9-11,13,15H,2-8H2,1H3. The van der Waals surface area contributed by atoms with Crippen molar-refractivity contribution in [2.75, 3.05) is 13.1 Å². The third kappa shape index (κ3) is 2.52. The van der Waals surface area contributed by atoms with Crippen LogP contribution in [0.4, 0.5) is 0 Å². The Morgan fingerprint density at radius 1 is 1.37 bits per heavy atom. The number of aromatic nitrogens is 2. The SMILES string of the molecule is Cn1cnc(C(=O)N2CCCCC2C2CCCN2)c1. The van der Waals surface area contributed by atoms with E-state index in [0.29, 0.717) is 17.8 Å². The maximum atomic E-state index is 12.6. The third-order valence-electron chi connectivity index (χ3n) is 4.30. The smallest absolute Gasteiger partial charge is 0.274 e. The molecule has 2 atom stereocenters. The number of piperidine rings is 1. The van der Waals surface area contributed by atoms with Crippen molar-refractivity contribution in [2.45, 2.75) is 44.2 Å². The fourth-order valence-electron chi connectivity index (χ4n) is 3.34. The lowest BCUT2D eigenvalue weighted by molar-refractivity contribution is 0.0558. The van der Waals surface area contributed by atoms with Crippen LogP contribution in [0.2, 0.25) is 0 Å². The number of hydrogen-bond donors (Lipinski definition) is 1. The molecule has 2 saturated heterocycles. The molecular weight excluding hydrogens is 240 g/mol. The van der Waals surface area contributed by atoms with Gasteiger partial charge in [-0.15, -0.1) is 0 Å². The predicted octanol–water partition coefficient (Wildman–Crippen LogP) is 1.17. The van der Waals surface area contributed by atoms with Crippen LogP contribution < -0.4 is 5.32 Å². The minimum absolute atomic E-state index is 0.0963. The topological polar surface area (TPSA) is 50.2 Å². The highest BCUT2D eigenvalue weighted by atomic mass is 16.2. The summed E-state index contributed by atoms with van der Waals surface area (Å²) in [6.07, 6.45) is 9.40. The molecule has 3 heterocycles. The number of rotatable bonds is 2. The molecule has 0 aliphatic carbocycles. The molecule has 2 aliphatic heterocycles. The average Bonchev–Trinajstić information content (AvgIpc) is 3.09. The van der Waals surface area contributed by atoms with E-state index in [2.05, 4.69) is 15.2 Å². The van der Waals surface area contributed by atoms with Gasteiger partial charge < -0.3 is 14.8 Å². The first kappa shape index (κ1) is 12.7. The molecule has 2 aliphatic rings. The third-order valence-corrected chi connectivity index (χ3v) is 4.30. The summed E-state index contributed by atoms with van der Waals surface area (Å²) >= 11 is 0. The second kappa shape index (κ2) is 5.33. The Kier molecular flexibility index (Phi) is 3.55. The van der Waals surface area contributed by atoms with E-state index in [4.69, 9.17) is 0 Å². The van der Waals surface area contributed by atoms with Crippen LogP contribution in [-0.2, 0) is 7.05 Å². The molecule has 5 heteroatoms. The summed E-state index contributed by atoms with van der Waals surface area (Å²) in [5.41, 5.74) is 0.576. The minimum Gasteiger partial charge on any atom is -0.340 e. The molecule has 3 rings (SSSR count). The first-order chi connectivity index (χ1) is 9.25. The van der Waals surface area contributed by atoms with Gasteiger partial charge in [0.1, 0.15) is 5.69 Å². The maximum Gasteiger partial charge on any atom is 0.274 e. The number of nitrogens with zero attached hydrogens (tertiary/aromatic N) is 3. The summed E-state index contributed by atoms with van der Waals surface area (Å²) in [5, 5.41) is 3.55. The molecule has 1 aromatic rings. The largest absolute Gasteiger partial charge is 0.340 e. The monoisotopic (exact) mass is 262 g/mol. The zero-order chi connectivity index (χ0) is 13.2. The van der Waals surface area contributed by atoms with Gasteiger partial charge in [-0.25, -0.2) is 4.98 Å². The molecule has 0 saturated carbocycles.